The molecular formula is C16H23NO. The van der Waals surface area contributed by atoms with Crippen LogP contribution < -0.4 is 5.32 Å². The lowest BCUT2D eigenvalue weighted by molar-refractivity contribution is -0.0178. The Morgan fingerprint density at radius 1 is 1.11 bits per heavy atom. The van der Waals surface area contributed by atoms with E-state index in [1.165, 1.54) is 32.1 Å². The van der Waals surface area contributed by atoms with Gasteiger partial charge in [0.2, 0.25) is 0 Å². The zero-order valence-electron chi connectivity index (χ0n) is 11.1. The molecule has 4 aliphatic carbocycles. The van der Waals surface area contributed by atoms with Crippen LogP contribution in [0.2, 0.25) is 0 Å². The zero-order chi connectivity index (χ0) is 12.1. The maximum Gasteiger partial charge on any atom is 0.120 e. The van der Waals surface area contributed by atoms with Gasteiger partial charge < -0.3 is 9.73 Å². The molecule has 0 radical (unpaired) electrons. The summed E-state index contributed by atoms with van der Waals surface area (Å²) in [4.78, 5) is 0. The van der Waals surface area contributed by atoms with Crippen LogP contribution in [0.1, 0.15) is 50.8 Å². The molecule has 0 unspecified atom stereocenters. The van der Waals surface area contributed by atoms with Crippen LogP contribution in [-0.2, 0) is 0 Å². The molecule has 1 heterocycles. The van der Waals surface area contributed by atoms with Gasteiger partial charge >= 0.3 is 0 Å². The van der Waals surface area contributed by atoms with E-state index in [4.69, 9.17) is 4.42 Å². The lowest BCUT2D eigenvalue weighted by Gasteiger charge is -2.55. The van der Waals surface area contributed by atoms with Crippen LogP contribution in [0.4, 0.5) is 0 Å². The smallest absolute Gasteiger partial charge is 0.120 e. The van der Waals surface area contributed by atoms with E-state index in [9.17, 15) is 0 Å². The van der Waals surface area contributed by atoms with Gasteiger partial charge in [-0.1, -0.05) is 0 Å². The van der Waals surface area contributed by atoms with Gasteiger partial charge in [0.05, 0.1) is 12.3 Å². The number of hydrogen-bond acceptors (Lipinski definition) is 2. The van der Waals surface area contributed by atoms with Crippen molar-refractivity contribution in [2.24, 2.45) is 23.7 Å². The van der Waals surface area contributed by atoms with E-state index in [2.05, 4.69) is 18.3 Å². The topological polar surface area (TPSA) is 25.2 Å². The molecule has 4 bridgehead atoms. The molecule has 4 saturated carbocycles. The van der Waals surface area contributed by atoms with Crippen LogP contribution in [0.3, 0.4) is 0 Å². The van der Waals surface area contributed by atoms with Crippen molar-refractivity contribution < 1.29 is 4.42 Å². The highest BCUT2D eigenvalue weighted by Gasteiger charge is 2.48. The molecule has 0 saturated heterocycles. The second-order valence-electron chi connectivity index (χ2n) is 6.86. The Hall–Kier alpha value is -0.760. The van der Waals surface area contributed by atoms with Gasteiger partial charge in [-0.2, -0.15) is 0 Å². The summed E-state index contributed by atoms with van der Waals surface area (Å²) in [7, 11) is 0. The third-order valence-corrected chi connectivity index (χ3v) is 5.64. The van der Waals surface area contributed by atoms with Gasteiger partial charge in [-0.05, 0) is 74.8 Å². The SMILES string of the molecule is C[C@@H](NC1C2CC3CC(C2)CC1C3)c1ccco1. The summed E-state index contributed by atoms with van der Waals surface area (Å²) in [5.41, 5.74) is 0. The van der Waals surface area contributed by atoms with Gasteiger partial charge in [0.1, 0.15) is 5.76 Å². The average Bonchev–Trinajstić information content (AvgIpc) is 2.86. The molecule has 1 N–H and O–H groups in total. The minimum atomic E-state index is 0.363. The first kappa shape index (κ1) is 11.1. The molecule has 1 aromatic heterocycles. The quantitative estimate of drug-likeness (QED) is 0.877. The maximum absolute atomic E-state index is 5.53. The Labute approximate surface area is 109 Å². The van der Waals surface area contributed by atoms with Gasteiger partial charge in [-0.3, -0.25) is 0 Å². The van der Waals surface area contributed by atoms with Gasteiger partial charge in [0.25, 0.3) is 0 Å². The fourth-order valence-electron chi connectivity index (χ4n) is 5.11. The van der Waals surface area contributed by atoms with E-state index < -0.39 is 0 Å². The lowest BCUT2D eigenvalue weighted by Crippen LogP contribution is -2.54. The summed E-state index contributed by atoms with van der Waals surface area (Å²) >= 11 is 0. The molecule has 4 fully saturated rings. The zero-order valence-corrected chi connectivity index (χ0v) is 11.1. The van der Waals surface area contributed by atoms with E-state index in [0.29, 0.717) is 6.04 Å². The van der Waals surface area contributed by atoms with Crippen LogP contribution in [0.25, 0.3) is 0 Å². The highest BCUT2D eigenvalue weighted by molar-refractivity contribution is 5.07. The van der Waals surface area contributed by atoms with E-state index in [-0.39, 0.29) is 0 Å². The van der Waals surface area contributed by atoms with Crippen LogP contribution in [0, 0.1) is 23.7 Å². The van der Waals surface area contributed by atoms with Crippen molar-refractivity contribution >= 4 is 0 Å². The fourth-order valence-corrected chi connectivity index (χ4v) is 5.11. The lowest BCUT2D eigenvalue weighted by atomic mass is 9.54. The standard InChI is InChI=1S/C16H23NO/c1-10(15-3-2-4-18-15)17-16-13-6-11-5-12(8-13)9-14(16)7-11/h2-4,10-14,16-17H,5-9H2,1H3/t10-,11?,12?,13?,14?,16?/m1/s1. The number of furan rings is 1. The van der Waals surface area contributed by atoms with E-state index in [0.717, 1.165) is 35.5 Å². The molecule has 4 aliphatic rings. The van der Waals surface area contributed by atoms with E-state index >= 15 is 0 Å². The monoisotopic (exact) mass is 245 g/mol. The summed E-state index contributed by atoms with van der Waals surface area (Å²) in [6.45, 7) is 2.24. The number of nitrogens with one attached hydrogen (secondary N) is 1. The molecule has 2 nitrogen and oxygen atoms in total. The summed E-state index contributed by atoms with van der Waals surface area (Å²) in [5, 5.41) is 3.87. The Morgan fingerprint density at radius 2 is 1.78 bits per heavy atom. The molecular weight excluding hydrogens is 222 g/mol. The predicted octanol–water partition coefficient (Wildman–Crippen LogP) is 3.75. The number of rotatable bonds is 3. The van der Waals surface area contributed by atoms with Crippen LogP contribution in [-0.4, -0.2) is 6.04 Å². The van der Waals surface area contributed by atoms with Crippen LogP contribution in [0.15, 0.2) is 22.8 Å². The van der Waals surface area contributed by atoms with Gasteiger partial charge in [-0.25, -0.2) is 0 Å². The molecule has 1 aromatic rings. The normalized spacial score (nSPS) is 43.3. The molecule has 18 heavy (non-hydrogen) atoms. The molecule has 0 amide bonds. The average molecular weight is 245 g/mol. The predicted molar refractivity (Wildman–Crippen MR) is 71.1 cm³/mol. The highest BCUT2D eigenvalue weighted by atomic mass is 16.3. The van der Waals surface area contributed by atoms with Gasteiger partial charge in [-0.15, -0.1) is 0 Å². The van der Waals surface area contributed by atoms with Crippen LogP contribution in [0.5, 0.6) is 0 Å². The molecule has 2 heteroatoms. The van der Waals surface area contributed by atoms with Crippen molar-refractivity contribution in [1.29, 1.82) is 0 Å². The third-order valence-electron chi connectivity index (χ3n) is 5.64. The van der Waals surface area contributed by atoms with Crippen molar-refractivity contribution in [3.05, 3.63) is 24.2 Å². The Kier molecular flexibility index (Phi) is 2.54. The molecule has 5 rings (SSSR count). The first-order chi connectivity index (χ1) is 8.79. The molecule has 98 valence electrons. The minimum absolute atomic E-state index is 0.363. The summed E-state index contributed by atoms with van der Waals surface area (Å²) < 4.78 is 5.53. The van der Waals surface area contributed by atoms with Crippen molar-refractivity contribution in [1.82, 2.24) is 5.32 Å². The van der Waals surface area contributed by atoms with Crippen molar-refractivity contribution in [2.75, 3.05) is 0 Å². The largest absolute Gasteiger partial charge is 0.468 e. The van der Waals surface area contributed by atoms with Crippen molar-refractivity contribution in [3.63, 3.8) is 0 Å². The maximum atomic E-state index is 5.53. The Bertz CT molecular complexity index is 383. The van der Waals surface area contributed by atoms with E-state index in [1.807, 2.05) is 6.07 Å². The Morgan fingerprint density at radius 3 is 2.33 bits per heavy atom. The Balaban J connectivity index is 1.49. The second-order valence-corrected chi connectivity index (χ2v) is 6.86. The minimum Gasteiger partial charge on any atom is -0.468 e. The highest BCUT2D eigenvalue weighted by Crippen LogP contribution is 2.54. The van der Waals surface area contributed by atoms with E-state index in [1.54, 1.807) is 6.26 Å². The molecule has 0 aromatic carbocycles. The van der Waals surface area contributed by atoms with Gasteiger partial charge in [0.15, 0.2) is 0 Å². The molecule has 1 atom stereocenters. The van der Waals surface area contributed by atoms with Crippen molar-refractivity contribution in [2.45, 2.75) is 51.1 Å². The summed E-state index contributed by atoms with van der Waals surface area (Å²) in [5.74, 6) is 5.09. The van der Waals surface area contributed by atoms with Gasteiger partial charge in [0, 0.05) is 6.04 Å². The van der Waals surface area contributed by atoms with Crippen molar-refractivity contribution in [3.8, 4) is 0 Å². The summed E-state index contributed by atoms with van der Waals surface area (Å²) in [6.07, 6.45) is 9.24. The molecule has 0 spiro atoms. The fraction of sp³-hybridized carbons (Fsp3) is 0.750. The second kappa shape index (κ2) is 4.12. The first-order valence-electron chi connectivity index (χ1n) is 7.59. The summed E-state index contributed by atoms with van der Waals surface area (Å²) in [6, 6.07) is 5.19. The number of hydrogen-bond donors (Lipinski definition) is 1. The molecule has 0 aliphatic heterocycles. The first-order valence-corrected chi connectivity index (χ1v) is 7.59. The third kappa shape index (κ3) is 1.73. The van der Waals surface area contributed by atoms with Crippen LogP contribution >= 0.6 is 0 Å².